The van der Waals surface area contributed by atoms with Crippen LogP contribution in [0.4, 0.5) is 0 Å². The Kier molecular flexibility index (Phi) is 4.29. The summed E-state index contributed by atoms with van der Waals surface area (Å²) < 4.78 is 0. The first kappa shape index (κ1) is 12.2. The van der Waals surface area contributed by atoms with Crippen molar-refractivity contribution in [2.45, 2.75) is 36.4 Å². The van der Waals surface area contributed by atoms with E-state index in [-0.39, 0.29) is 24.7 Å². The number of carbonyl (C=O) groups is 3. The molecule has 0 saturated carbocycles. The molecule has 0 aliphatic carbocycles. The number of carboxylic acid groups (broad SMARTS) is 1. The molecule has 0 unspecified atom stereocenters. The number of aliphatic carboxylic acids is 1. The van der Waals surface area contributed by atoms with Crippen molar-refractivity contribution in [3.63, 3.8) is 0 Å². The van der Waals surface area contributed by atoms with Gasteiger partial charge >= 0.3 is 93.6 Å². The zero-order chi connectivity index (χ0) is 11.4. The molecule has 1 fully saturated rings. The van der Waals surface area contributed by atoms with E-state index in [4.69, 9.17) is 5.11 Å². The van der Waals surface area contributed by atoms with Crippen LogP contribution in [0, 0.1) is 0 Å². The first-order valence-corrected chi connectivity index (χ1v) is 7.57. The van der Waals surface area contributed by atoms with Crippen molar-refractivity contribution in [3.8, 4) is 0 Å². The summed E-state index contributed by atoms with van der Waals surface area (Å²) in [6.45, 7) is 0. The first-order valence-electron chi connectivity index (χ1n) is 4.64. The quantitative estimate of drug-likeness (QED) is 0.574. The van der Waals surface area contributed by atoms with Gasteiger partial charge in [-0.15, -0.1) is 0 Å². The number of rotatable bonds is 5. The molecule has 2 amide bonds. The molecule has 1 saturated heterocycles. The number of nitrogens with zero attached hydrogens (tertiary/aromatic N) is 1. The van der Waals surface area contributed by atoms with Gasteiger partial charge in [0.2, 0.25) is 0 Å². The molecule has 84 valence electrons. The van der Waals surface area contributed by atoms with E-state index < -0.39 is 12.0 Å². The van der Waals surface area contributed by atoms with Gasteiger partial charge in [-0.3, -0.25) is 0 Å². The molecule has 0 bridgehead atoms. The minimum atomic E-state index is -1.08. The van der Waals surface area contributed by atoms with Gasteiger partial charge in [0.1, 0.15) is 0 Å². The fraction of sp³-hybridized carbons (Fsp3) is 0.667. The van der Waals surface area contributed by atoms with Gasteiger partial charge < -0.3 is 0 Å². The van der Waals surface area contributed by atoms with Gasteiger partial charge in [0.05, 0.1) is 0 Å². The van der Waals surface area contributed by atoms with Gasteiger partial charge in [0.25, 0.3) is 0 Å². The molecule has 0 aromatic carbocycles. The molecular formula is C9H13NO4Se. The van der Waals surface area contributed by atoms with E-state index in [0.29, 0.717) is 21.4 Å². The van der Waals surface area contributed by atoms with Crippen LogP contribution in [0.25, 0.3) is 0 Å². The van der Waals surface area contributed by atoms with E-state index in [1.165, 1.54) is 0 Å². The number of imide groups is 1. The maximum atomic E-state index is 11.3. The number of hydrogen-bond acceptors (Lipinski definition) is 3. The molecule has 0 spiro atoms. The average Bonchev–Trinajstić information content (AvgIpc) is 2.49. The van der Waals surface area contributed by atoms with Crippen LogP contribution in [0.5, 0.6) is 0 Å². The third-order valence-corrected chi connectivity index (χ3v) is 3.63. The zero-order valence-corrected chi connectivity index (χ0v) is 10.1. The zero-order valence-electron chi connectivity index (χ0n) is 8.43. The second-order valence-corrected chi connectivity index (χ2v) is 5.36. The van der Waals surface area contributed by atoms with Crippen molar-refractivity contribution in [2.75, 3.05) is 0 Å². The molecule has 1 heterocycles. The average molecular weight is 278 g/mol. The van der Waals surface area contributed by atoms with Gasteiger partial charge in [0, 0.05) is 0 Å². The van der Waals surface area contributed by atoms with Crippen molar-refractivity contribution in [2.24, 2.45) is 0 Å². The normalized spacial score (nSPS) is 18.3. The molecule has 1 atom stereocenters. The number of carboxylic acids is 1. The molecule has 0 aromatic rings. The second kappa shape index (κ2) is 5.28. The third kappa shape index (κ3) is 2.79. The van der Waals surface area contributed by atoms with Crippen molar-refractivity contribution < 1.29 is 19.5 Å². The summed E-state index contributed by atoms with van der Waals surface area (Å²) in [7, 11) is 0. The van der Waals surface area contributed by atoms with Crippen LogP contribution in [0.1, 0.15) is 19.3 Å². The summed E-state index contributed by atoms with van der Waals surface area (Å²) in [5.74, 6) is 0.217. The van der Waals surface area contributed by atoms with Crippen LogP contribution >= 0.6 is 0 Å². The summed E-state index contributed by atoms with van der Waals surface area (Å²) in [6, 6.07) is -0.950. The van der Waals surface area contributed by atoms with E-state index in [1.807, 2.05) is 5.82 Å². The standard InChI is InChI=1S/C9H13NO4Se/c1-15-5-4-6(9(13)14)10-7(11)2-3-8(10)12/h6H,2-5H2,1H3,(H,13,14)/t6-/m0/s1. The van der Waals surface area contributed by atoms with E-state index in [2.05, 4.69) is 0 Å². The summed E-state index contributed by atoms with van der Waals surface area (Å²) in [5.41, 5.74) is 0. The van der Waals surface area contributed by atoms with Gasteiger partial charge in [-0.05, 0) is 0 Å². The van der Waals surface area contributed by atoms with Crippen LogP contribution in [-0.4, -0.2) is 48.8 Å². The SMILES string of the molecule is C[Se]CC[C@@H](C(=O)O)N1C(=O)CCC1=O. The Morgan fingerprint density at radius 2 is 2.00 bits per heavy atom. The van der Waals surface area contributed by atoms with Crippen LogP contribution < -0.4 is 0 Å². The molecule has 1 rings (SSSR count). The van der Waals surface area contributed by atoms with E-state index in [1.54, 1.807) is 0 Å². The Bertz CT molecular complexity index is 276. The van der Waals surface area contributed by atoms with Crippen LogP contribution in [0.2, 0.25) is 11.1 Å². The number of likely N-dealkylation sites (tertiary alicyclic amines) is 1. The molecule has 5 nitrogen and oxygen atoms in total. The van der Waals surface area contributed by atoms with Crippen molar-refractivity contribution in [3.05, 3.63) is 0 Å². The van der Waals surface area contributed by atoms with Crippen molar-refractivity contribution >= 4 is 32.7 Å². The molecule has 15 heavy (non-hydrogen) atoms. The molecule has 6 heteroatoms. The predicted octanol–water partition coefficient (Wildman–Crippen LogP) is 0.149. The predicted molar refractivity (Wildman–Crippen MR) is 53.6 cm³/mol. The van der Waals surface area contributed by atoms with E-state index >= 15 is 0 Å². The fourth-order valence-electron chi connectivity index (χ4n) is 1.53. The summed E-state index contributed by atoms with van der Waals surface area (Å²) in [4.78, 5) is 34.6. The van der Waals surface area contributed by atoms with Crippen LogP contribution in [0.15, 0.2) is 0 Å². The summed E-state index contributed by atoms with van der Waals surface area (Å²) in [6.07, 6.45) is 0.684. The number of hydrogen-bond donors (Lipinski definition) is 1. The molecule has 0 aromatic heterocycles. The van der Waals surface area contributed by atoms with Crippen molar-refractivity contribution in [1.82, 2.24) is 4.90 Å². The van der Waals surface area contributed by atoms with Gasteiger partial charge in [-0.1, -0.05) is 0 Å². The Morgan fingerprint density at radius 1 is 1.47 bits per heavy atom. The van der Waals surface area contributed by atoms with Gasteiger partial charge in [-0.25, -0.2) is 0 Å². The summed E-state index contributed by atoms with van der Waals surface area (Å²) >= 11 is 0.361. The number of carbonyl (C=O) groups excluding carboxylic acids is 2. The summed E-state index contributed by atoms with van der Waals surface area (Å²) in [5, 5.41) is 9.72. The third-order valence-electron chi connectivity index (χ3n) is 2.28. The van der Waals surface area contributed by atoms with Crippen LogP contribution in [-0.2, 0) is 14.4 Å². The topological polar surface area (TPSA) is 74.7 Å². The number of amides is 2. The van der Waals surface area contributed by atoms with Crippen LogP contribution in [0.3, 0.4) is 0 Å². The molecule has 0 radical (unpaired) electrons. The minimum absolute atomic E-state index is 0.153. The monoisotopic (exact) mass is 279 g/mol. The van der Waals surface area contributed by atoms with Gasteiger partial charge in [0.15, 0.2) is 0 Å². The maximum absolute atomic E-state index is 11.3. The van der Waals surface area contributed by atoms with Gasteiger partial charge in [-0.2, -0.15) is 0 Å². The first-order chi connectivity index (χ1) is 7.07. The molecular weight excluding hydrogens is 265 g/mol. The van der Waals surface area contributed by atoms with E-state index in [9.17, 15) is 14.4 Å². The Labute approximate surface area is 94.0 Å². The molecule has 1 aliphatic rings. The molecule has 1 N–H and O–H groups in total. The Balaban J connectivity index is 2.74. The molecule has 1 aliphatic heterocycles. The Morgan fingerprint density at radius 3 is 2.40 bits per heavy atom. The second-order valence-electron chi connectivity index (χ2n) is 3.29. The fourth-order valence-corrected chi connectivity index (χ4v) is 2.50. The Hall–Kier alpha value is -0.871. The van der Waals surface area contributed by atoms with E-state index in [0.717, 1.165) is 10.2 Å². The van der Waals surface area contributed by atoms with Crippen molar-refractivity contribution in [1.29, 1.82) is 0 Å².